The van der Waals surface area contributed by atoms with Crippen molar-refractivity contribution in [2.24, 2.45) is 0 Å². The second kappa shape index (κ2) is 8.32. The summed E-state index contributed by atoms with van der Waals surface area (Å²) in [5, 5.41) is 0. The predicted octanol–water partition coefficient (Wildman–Crippen LogP) is 3.68. The number of hydrogen-bond donors (Lipinski definition) is 2. The molecule has 0 aliphatic heterocycles. The van der Waals surface area contributed by atoms with E-state index in [2.05, 4.69) is 0 Å². The molecule has 1 amide bonds. The van der Waals surface area contributed by atoms with Crippen LogP contribution in [-0.4, -0.2) is 12.5 Å². The fourth-order valence-corrected chi connectivity index (χ4v) is 1.85. The van der Waals surface area contributed by atoms with Crippen LogP contribution in [0.5, 0.6) is 5.75 Å². The molecule has 0 radical (unpaired) electrons. The number of ether oxygens (including phenoxy) is 1. The van der Waals surface area contributed by atoms with Crippen molar-refractivity contribution in [3.63, 3.8) is 0 Å². The lowest BCUT2D eigenvalue weighted by molar-refractivity contribution is -0.120. The molecule has 2 aromatic rings. The standard InChI is InChI=1S/C16H13F5N2O2/c17-11-12(18)14(20)16(15(21)13(11)19)23-22-10(24)7-4-8-25-9-5-2-1-3-6-9/h1-3,5-6,23H,4,7-8H2,(H,22,24). The maximum atomic E-state index is 13.4. The van der Waals surface area contributed by atoms with Crippen LogP contribution in [0.15, 0.2) is 30.3 Å². The van der Waals surface area contributed by atoms with Gasteiger partial charge in [-0.25, -0.2) is 22.0 Å². The van der Waals surface area contributed by atoms with Gasteiger partial charge in [0.15, 0.2) is 23.3 Å². The second-order valence-electron chi connectivity index (χ2n) is 4.88. The number of hydrogen-bond acceptors (Lipinski definition) is 3. The van der Waals surface area contributed by atoms with Crippen LogP contribution < -0.4 is 15.6 Å². The second-order valence-corrected chi connectivity index (χ2v) is 4.88. The molecule has 0 bridgehead atoms. The average molecular weight is 360 g/mol. The molecule has 0 heterocycles. The zero-order valence-corrected chi connectivity index (χ0v) is 12.7. The number of halogens is 5. The summed E-state index contributed by atoms with van der Waals surface area (Å²) in [4.78, 5) is 11.6. The molecule has 25 heavy (non-hydrogen) atoms. The number of benzene rings is 2. The first-order valence-corrected chi connectivity index (χ1v) is 7.16. The fourth-order valence-electron chi connectivity index (χ4n) is 1.85. The normalized spacial score (nSPS) is 10.4. The van der Waals surface area contributed by atoms with Crippen molar-refractivity contribution in [2.45, 2.75) is 12.8 Å². The molecule has 0 aliphatic rings. The minimum absolute atomic E-state index is 0.0881. The van der Waals surface area contributed by atoms with E-state index in [1.165, 1.54) is 0 Å². The molecule has 0 saturated heterocycles. The fraction of sp³-hybridized carbons (Fsp3) is 0.188. The van der Waals surface area contributed by atoms with E-state index in [4.69, 9.17) is 4.74 Å². The van der Waals surface area contributed by atoms with Crippen molar-refractivity contribution < 1.29 is 31.5 Å². The molecule has 2 aromatic carbocycles. The highest BCUT2D eigenvalue weighted by atomic mass is 19.2. The van der Waals surface area contributed by atoms with Gasteiger partial charge in [-0.1, -0.05) is 18.2 Å². The first-order valence-electron chi connectivity index (χ1n) is 7.16. The summed E-state index contributed by atoms with van der Waals surface area (Å²) in [5.74, 6) is -10.7. The summed E-state index contributed by atoms with van der Waals surface area (Å²) in [6, 6.07) is 8.81. The van der Waals surface area contributed by atoms with E-state index in [1.54, 1.807) is 29.7 Å². The van der Waals surface area contributed by atoms with Gasteiger partial charge < -0.3 is 4.74 Å². The van der Waals surface area contributed by atoms with Gasteiger partial charge in [-0.3, -0.25) is 15.6 Å². The summed E-state index contributed by atoms with van der Waals surface area (Å²) in [6.07, 6.45) is 0.189. The lowest BCUT2D eigenvalue weighted by atomic mass is 10.2. The van der Waals surface area contributed by atoms with Crippen LogP contribution in [0.1, 0.15) is 12.8 Å². The highest BCUT2D eigenvalue weighted by Crippen LogP contribution is 2.26. The van der Waals surface area contributed by atoms with Gasteiger partial charge in [0.25, 0.3) is 0 Å². The quantitative estimate of drug-likeness (QED) is 0.260. The number of anilines is 1. The molecule has 2 N–H and O–H groups in total. The first-order chi connectivity index (χ1) is 11.9. The van der Waals surface area contributed by atoms with Crippen molar-refractivity contribution in [2.75, 3.05) is 12.0 Å². The van der Waals surface area contributed by atoms with Gasteiger partial charge in [0, 0.05) is 6.42 Å². The SMILES string of the molecule is O=C(CCCOc1ccccc1)NNc1c(F)c(F)c(F)c(F)c1F. The Hall–Kier alpha value is -2.84. The maximum Gasteiger partial charge on any atom is 0.238 e. The molecule has 0 aliphatic carbocycles. The predicted molar refractivity (Wildman–Crippen MR) is 79.2 cm³/mol. The Morgan fingerprint density at radius 1 is 0.880 bits per heavy atom. The van der Waals surface area contributed by atoms with E-state index in [0.717, 1.165) is 0 Å². The van der Waals surface area contributed by atoms with Gasteiger partial charge in [0.05, 0.1) is 6.61 Å². The number of carbonyl (C=O) groups is 1. The lowest BCUT2D eigenvalue weighted by Crippen LogP contribution is -2.31. The minimum atomic E-state index is -2.27. The summed E-state index contributed by atoms with van der Waals surface area (Å²) < 4.78 is 71.0. The Bertz CT molecular complexity index is 727. The third kappa shape index (κ3) is 4.59. The van der Waals surface area contributed by atoms with Crippen molar-refractivity contribution >= 4 is 11.6 Å². The highest BCUT2D eigenvalue weighted by Gasteiger charge is 2.25. The maximum absolute atomic E-state index is 13.4. The summed E-state index contributed by atoms with van der Waals surface area (Å²) >= 11 is 0. The number of amides is 1. The Labute approximate surface area is 139 Å². The summed E-state index contributed by atoms with van der Waals surface area (Å²) in [6.45, 7) is 0.208. The molecule has 0 atom stereocenters. The third-order valence-corrected chi connectivity index (χ3v) is 3.10. The molecular weight excluding hydrogens is 347 g/mol. The molecule has 0 spiro atoms. The number of hydrazine groups is 1. The first kappa shape index (κ1) is 18.5. The van der Waals surface area contributed by atoms with E-state index in [9.17, 15) is 26.7 Å². The van der Waals surface area contributed by atoms with E-state index in [-0.39, 0.29) is 19.4 Å². The average Bonchev–Trinajstić information content (AvgIpc) is 2.63. The summed E-state index contributed by atoms with van der Waals surface area (Å²) in [5.41, 5.74) is 2.26. The van der Waals surface area contributed by atoms with Crippen LogP contribution in [0.3, 0.4) is 0 Å². The molecule has 2 rings (SSSR count). The van der Waals surface area contributed by atoms with Gasteiger partial charge in [-0.05, 0) is 18.6 Å². The monoisotopic (exact) mass is 360 g/mol. The molecule has 0 fully saturated rings. The van der Waals surface area contributed by atoms with Gasteiger partial charge in [0.2, 0.25) is 11.7 Å². The smallest absolute Gasteiger partial charge is 0.238 e. The zero-order chi connectivity index (χ0) is 18.4. The topological polar surface area (TPSA) is 50.4 Å². The molecule has 0 unspecified atom stereocenters. The molecule has 4 nitrogen and oxygen atoms in total. The number of carbonyl (C=O) groups excluding carboxylic acids is 1. The van der Waals surface area contributed by atoms with E-state index < -0.39 is 40.7 Å². The van der Waals surface area contributed by atoms with E-state index in [0.29, 0.717) is 5.75 Å². The Balaban J connectivity index is 1.82. The van der Waals surface area contributed by atoms with Crippen molar-refractivity contribution in [1.82, 2.24) is 5.43 Å². The van der Waals surface area contributed by atoms with Crippen molar-refractivity contribution in [3.05, 3.63) is 59.4 Å². The molecular formula is C16H13F5N2O2. The largest absolute Gasteiger partial charge is 0.494 e. The number of nitrogens with one attached hydrogen (secondary N) is 2. The lowest BCUT2D eigenvalue weighted by Gasteiger charge is -2.12. The van der Waals surface area contributed by atoms with Crippen LogP contribution in [-0.2, 0) is 4.79 Å². The number of rotatable bonds is 7. The Kier molecular flexibility index (Phi) is 6.15. The molecule has 134 valence electrons. The van der Waals surface area contributed by atoms with Gasteiger partial charge in [0.1, 0.15) is 11.4 Å². The van der Waals surface area contributed by atoms with Crippen LogP contribution in [0.2, 0.25) is 0 Å². The minimum Gasteiger partial charge on any atom is -0.494 e. The van der Waals surface area contributed by atoms with Crippen LogP contribution in [0.4, 0.5) is 27.6 Å². The van der Waals surface area contributed by atoms with Crippen molar-refractivity contribution in [3.8, 4) is 5.75 Å². The van der Waals surface area contributed by atoms with Crippen LogP contribution in [0, 0.1) is 29.1 Å². The van der Waals surface area contributed by atoms with Gasteiger partial charge >= 0.3 is 0 Å². The molecule has 0 aromatic heterocycles. The van der Waals surface area contributed by atoms with Crippen molar-refractivity contribution in [1.29, 1.82) is 0 Å². The van der Waals surface area contributed by atoms with E-state index in [1.807, 2.05) is 11.5 Å². The van der Waals surface area contributed by atoms with Crippen LogP contribution >= 0.6 is 0 Å². The Morgan fingerprint density at radius 3 is 2.04 bits per heavy atom. The summed E-state index contributed by atoms with van der Waals surface area (Å²) in [7, 11) is 0. The Morgan fingerprint density at radius 2 is 1.44 bits per heavy atom. The van der Waals surface area contributed by atoms with Crippen LogP contribution in [0.25, 0.3) is 0 Å². The highest BCUT2D eigenvalue weighted by molar-refractivity contribution is 5.77. The molecule has 9 heteroatoms. The third-order valence-electron chi connectivity index (χ3n) is 3.10. The van der Waals surface area contributed by atoms with Gasteiger partial charge in [-0.15, -0.1) is 0 Å². The number of para-hydroxylation sites is 1. The molecule has 0 saturated carbocycles. The van der Waals surface area contributed by atoms with Gasteiger partial charge in [-0.2, -0.15) is 0 Å². The van der Waals surface area contributed by atoms with E-state index >= 15 is 0 Å². The zero-order valence-electron chi connectivity index (χ0n) is 12.7.